The maximum atomic E-state index is 14.1. The molecule has 2 unspecified atom stereocenters. The molecule has 0 spiro atoms. The Bertz CT molecular complexity index is 529. The molecule has 0 aliphatic carbocycles. The second-order valence-corrected chi connectivity index (χ2v) is 7.16. The predicted molar refractivity (Wildman–Crippen MR) is 84.5 cm³/mol. The summed E-state index contributed by atoms with van der Waals surface area (Å²) in [4.78, 5) is 12.0. The van der Waals surface area contributed by atoms with Crippen LogP contribution in [0.3, 0.4) is 0 Å². The number of halogens is 2. The zero-order valence-electron chi connectivity index (χ0n) is 13.0. The quantitative estimate of drug-likeness (QED) is 0.863. The summed E-state index contributed by atoms with van der Waals surface area (Å²) >= 11 is 3.30. The molecule has 0 heterocycles. The fraction of sp³-hybridized carbons (Fsp3) is 0.533. The number of hydrogen-bond acceptors (Lipinski definition) is 3. The monoisotopic (exact) mass is 360 g/mol. The van der Waals surface area contributed by atoms with Gasteiger partial charge in [0.2, 0.25) is 0 Å². The largest absolute Gasteiger partial charge is 0.444 e. The van der Waals surface area contributed by atoms with Crippen molar-refractivity contribution in [3.8, 4) is 0 Å². The number of benzene rings is 1. The van der Waals surface area contributed by atoms with Gasteiger partial charge in [-0.3, -0.25) is 0 Å². The van der Waals surface area contributed by atoms with Crippen LogP contribution in [0.25, 0.3) is 0 Å². The first-order chi connectivity index (χ1) is 9.45. The van der Waals surface area contributed by atoms with Crippen LogP contribution in [0.2, 0.25) is 0 Å². The van der Waals surface area contributed by atoms with E-state index in [0.717, 1.165) is 0 Å². The minimum atomic E-state index is -1.09. The minimum absolute atomic E-state index is 0.303. The average Bonchev–Trinajstić information content (AvgIpc) is 2.29. The Labute approximate surface area is 133 Å². The summed E-state index contributed by atoms with van der Waals surface area (Å²) in [5, 5.41) is 2.69. The van der Waals surface area contributed by atoms with Gasteiger partial charge >= 0.3 is 6.09 Å². The molecule has 4 nitrogen and oxygen atoms in total. The molecule has 3 N–H and O–H groups in total. The summed E-state index contributed by atoms with van der Waals surface area (Å²) in [6.45, 7) is 8.66. The van der Waals surface area contributed by atoms with Gasteiger partial charge in [0.05, 0.1) is 5.54 Å². The van der Waals surface area contributed by atoms with Crippen molar-refractivity contribution in [2.45, 2.75) is 51.8 Å². The first kappa shape index (κ1) is 17.9. The Morgan fingerprint density at radius 3 is 2.43 bits per heavy atom. The summed E-state index contributed by atoms with van der Waals surface area (Å²) in [5.74, 6) is -0.436. The van der Waals surface area contributed by atoms with Crippen LogP contribution in [-0.2, 0) is 10.3 Å². The van der Waals surface area contributed by atoms with Crippen LogP contribution in [-0.4, -0.2) is 17.7 Å². The second-order valence-electron chi connectivity index (χ2n) is 6.24. The van der Waals surface area contributed by atoms with E-state index in [-0.39, 0.29) is 0 Å². The molecule has 0 aliphatic heterocycles. The van der Waals surface area contributed by atoms with Crippen molar-refractivity contribution in [3.63, 3.8) is 0 Å². The van der Waals surface area contributed by atoms with Crippen molar-refractivity contribution in [3.05, 3.63) is 34.1 Å². The molecule has 0 aromatic heterocycles. The molecule has 6 heteroatoms. The standard InChI is InChI=1S/C15H22BrFN2O2/c1-9(18)15(5,19-13(20)21-14(2,3)4)11-8-10(16)6-7-12(11)17/h6-9H,18H2,1-5H3,(H,19,20). The summed E-state index contributed by atoms with van der Waals surface area (Å²) < 4.78 is 20.1. The molecule has 21 heavy (non-hydrogen) atoms. The highest BCUT2D eigenvalue weighted by atomic mass is 79.9. The maximum Gasteiger partial charge on any atom is 0.408 e. The van der Waals surface area contributed by atoms with E-state index >= 15 is 0 Å². The summed E-state index contributed by atoms with van der Waals surface area (Å²) in [6, 6.07) is 4.01. The number of nitrogens with one attached hydrogen (secondary N) is 1. The van der Waals surface area contributed by atoms with E-state index in [9.17, 15) is 9.18 Å². The zero-order chi connectivity index (χ0) is 16.4. The van der Waals surface area contributed by atoms with Crippen molar-refractivity contribution in [2.75, 3.05) is 0 Å². The van der Waals surface area contributed by atoms with E-state index < -0.39 is 29.1 Å². The topological polar surface area (TPSA) is 64.3 Å². The van der Waals surface area contributed by atoms with Gasteiger partial charge in [-0.05, 0) is 52.8 Å². The lowest BCUT2D eigenvalue weighted by Gasteiger charge is -2.36. The second kappa shape index (κ2) is 6.32. The van der Waals surface area contributed by atoms with Gasteiger partial charge in [0.25, 0.3) is 0 Å². The SMILES string of the molecule is CC(N)C(C)(NC(=O)OC(C)(C)C)c1cc(Br)ccc1F. The molecule has 2 atom stereocenters. The van der Waals surface area contributed by atoms with E-state index in [4.69, 9.17) is 10.5 Å². The first-order valence-electron chi connectivity index (χ1n) is 6.68. The first-order valence-corrected chi connectivity index (χ1v) is 7.47. The highest BCUT2D eigenvalue weighted by Gasteiger charge is 2.36. The van der Waals surface area contributed by atoms with Gasteiger partial charge < -0.3 is 15.8 Å². The van der Waals surface area contributed by atoms with E-state index in [0.29, 0.717) is 10.0 Å². The number of hydrogen-bond donors (Lipinski definition) is 2. The van der Waals surface area contributed by atoms with Crippen molar-refractivity contribution in [1.29, 1.82) is 0 Å². The van der Waals surface area contributed by atoms with E-state index in [2.05, 4.69) is 21.2 Å². The molecule has 1 amide bonds. The minimum Gasteiger partial charge on any atom is -0.444 e. The van der Waals surface area contributed by atoms with E-state index in [1.807, 2.05) is 0 Å². The molecular weight excluding hydrogens is 339 g/mol. The van der Waals surface area contributed by atoms with Crippen molar-refractivity contribution >= 4 is 22.0 Å². The Hall–Kier alpha value is -1.14. The summed E-state index contributed by atoms with van der Waals surface area (Å²) in [7, 11) is 0. The van der Waals surface area contributed by atoms with Gasteiger partial charge in [0.1, 0.15) is 11.4 Å². The molecule has 0 aliphatic rings. The smallest absolute Gasteiger partial charge is 0.408 e. The van der Waals surface area contributed by atoms with Gasteiger partial charge in [-0.15, -0.1) is 0 Å². The number of rotatable bonds is 3. The zero-order valence-corrected chi connectivity index (χ0v) is 14.5. The van der Waals surface area contributed by atoms with Crippen LogP contribution in [0.15, 0.2) is 22.7 Å². The lowest BCUT2D eigenvalue weighted by Crippen LogP contribution is -2.55. The Morgan fingerprint density at radius 2 is 1.95 bits per heavy atom. The van der Waals surface area contributed by atoms with Gasteiger partial charge in [-0.2, -0.15) is 0 Å². The highest BCUT2D eigenvalue weighted by molar-refractivity contribution is 9.10. The lowest BCUT2D eigenvalue weighted by molar-refractivity contribution is 0.0445. The molecule has 0 saturated heterocycles. The third-order valence-corrected chi connectivity index (χ3v) is 3.65. The normalized spacial score (nSPS) is 16.0. The van der Waals surface area contributed by atoms with Gasteiger partial charge in [-0.25, -0.2) is 9.18 Å². The van der Waals surface area contributed by atoms with Gasteiger partial charge in [0.15, 0.2) is 0 Å². The van der Waals surface area contributed by atoms with Crippen LogP contribution < -0.4 is 11.1 Å². The third kappa shape index (κ3) is 4.68. The number of amides is 1. The van der Waals surface area contributed by atoms with E-state index in [1.165, 1.54) is 6.07 Å². The van der Waals surface area contributed by atoms with E-state index in [1.54, 1.807) is 46.8 Å². The number of alkyl carbamates (subject to hydrolysis) is 1. The van der Waals surface area contributed by atoms with Crippen molar-refractivity contribution in [1.82, 2.24) is 5.32 Å². The van der Waals surface area contributed by atoms with Crippen molar-refractivity contribution in [2.24, 2.45) is 5.73 Å². The Balaban J connectivity index is 3.15. The Morgan fingerprint density at radius 1 is 1.38 bits per heavy atom. The van der Waals surface area contributed by atoms with Gasteiger partial charge in [0, 0.05) is 16.1 Å². The lowest BCUT2D eigenvalue weighted by atomic mass is 9.85. The third-order valence-electron chi connectivity index (χ3n) is 3.16. The molecule has 0 fully saturated rings. The molecule has 1 aromatic carbocycles. The fourth-order valence-corrected chi connectivity index (χ4v) is 2.20. The predicted octanol–water partition coefficient (Wildman–Crippen LogP) is 3.68. The average molecular weight is 361 g/mol. The molecule has 1 rings (SSSR count). The number of nitrogens with two attached hydrogens (primary N) is 1. The van der Waals surface area contributed by atoms with Crippen LogP contribution in [0.5, 0.6) is 0 Å². The molecular formula is C15H22BrFN2O2. The Kier molecular flexibility index (Phi) is 5.39. The number of carbonyl (C=O) groups is 1. The van der Waals surface area contributed by atoms with Crippen LogP contribution in [0.1, 0.15) is 40.2 Å². The molecule has 0 bridgehead atoms. The summed E-state index contributed by atoms with van der Waals surface area (Å²) in [5.41, 5.74) is 4.56. The van der Waals surface area contributed by atoms with Crippen molar-refractivity contribution < 1.29 is 13.9 Å². The highest BCUT2D eigenvalue weighted by Crippen LogP contribution is 2.29. The van der Waals surface area contributed by atoms with Crippen LogP contribution in [0.4, 0.5) is 9.18 Å². The molecule has 118 valence electrons. The molecule has 0 radical (unpaired) electrons. The molecule has 0 saturated carbocycles. The number of ether oxygens (including phenoxy) is 1. The fourth-order valence-electron chi connectivity index (χ4n) is 1.84. The molecule has 1 aromatic rings. The summed E-state index contributed by atoms with van der Waals surface area (Å²) in [6.07, 6.45) is -0.637. The number of carbonyl (C=O) groups excluding carboxylic acids is 1. The van der Waals surface area contributed by atoms with Gasteiger partial charge in [-0.1, -0.05) is 15.9 Å². The maximum absolute atomic E-state index is 14.1. The van der Waals surface area contributed by atoms with Crippen LogP contribution >= 0.6 is 15.9 Å². The van der Waals surface area contributed by atoms with Crippen LogP contribution in [0, 0.1) is 5.82 Å².